The summed E-state index contributed by atoms with van der Waals surface area (Å²) in [5.41, 5.74) is 5.76. The van der Waals surface area contributed by atoms with Crippen molar-refractivity contribution in [3.63, 3.8) is 0 Å². The van der Waals surface area contributed by atoms with E-state index in [9.17, 15) is 4.79 Å². The Labute approximate surface area is 199 Å². The molecule has 3 heterocycles. The summed E-state index contributed by atoms with van der Waals surface area (Å²) in [7, 11) is 0. The van der Waals surface area contributed by atoms with Crippen molar-refractivity contribution in [2.24, 2.45) is 0 Å². The number of hydrogen-bond acceptors (Lipinski definition) is 5. The molecule has 0 radical (unpaired) electrons. The van der Waals surface area contributed by atoms with Crippen LogP contribution < -0.4 is 10.6 Å². The lowest BCUT2D eigenvalue weighted by molar-refractivity contribution is 0.0903. The summed E-state index contributed by atoms with van der Waals surface area (Å²) >= 11 is 0. The second-order valence-corrected chi connectivity index (χ2v) is 8.69. The standard InChI is InChI=1S/C28H28N4O2/c1-19-5-2-3-8-24(19)21-7-4-6-20(15-21)17-30-28(33)25-10-9-22-18-29-27(16-26(22)32-25)31-23-11-13-34-14-12-23/h2-10,15-16,18,23H,11-14,17H2,1H3,(H,29,31)(H,30,33). The zero-order valence-corrected chi connectivity index (χ0v) is 19.3. The number of benzene rings is 2. The van der Waals surface area contributed by atoms with E-state index in [0.29, 0.717) is 18.3 Å². The van der Waals surface area contributed by atoms with Gasteiger partial charge in [0.15, 0.2) is 0 Å². The summed E-state index contributed by atoms with van der Waals surface area (Å²) in [4.78, 5) is 22.0. The minimum atomic E-state index is -0.195. The van der Waals surface area contributed by atoms with Crippen molar-refractivity contribution >= 4 is 22.6 Å². The van der Waals surface area contributed by atoms with Crippen LogP contribution in [0.3, 0.4) is 0 Å². The topological polar surface area (TPSA) is 76.1 Å². The molecular formula is C28H28N4O2. The first kappa shape index (κ1) is 22.0. The van der Waals surface area contributed by atoms with Crippen LogP contribution in [0.1, 0.15) is 34.5 Å². The fourth-order valence-corrected chi connectivity index (χ4v) is 4.29. The predicted molar refractivity (Wildman–Crippen MR) is 135 cm³/mol. The van der Waals surface area contributed by atoms with E-state index in [1.54, 1.807) is 12.3 Å². The van der Waals surface area contributed by atoms with Crippen molar-refractivity contribution in [3.05, 3.63) is 89.7 Å². The van der Waals surface area contributed by atoms with Crippen molar-refractivity contribution in [2.45, 2.75) is 32.4 Å². The Morgan fingerprint density at radius 2 is 1.88 bits per heavy atom. The summed E-state index contributed by atoms with van der Waals surface area (Å²) in [5, 5.41) is 7.37. The van der Waals surface area contributed by atoms with Crippen LogP contribution in [0.5, 0.6) is 0 Å². The third-order valence-electron chi connectivity index (χ3n) is 6.22. The molecule has 172 valence electrons. The molecule has 1 fully saturated rings. The predicted octanol–water partition coefficient (Wildman–Crippen LogP) is 5.13. The van der Waals surface area contributed by atoms with Gasteiger partial charge in [0.2, 0.25) is 0 Å². The quantitative estimate of drug-likeness (QED) is 0.424. The lowest BCUT2D eigenvalue weighted by Crippen LogP contribution is -2.28. The van der Waals surface area contributed by atoms with Gasteiger partial charge in [-0.2, -0.15) is 0 Å². The van der Waals surface area contributed by atoms with E-state index in [1.165, 1.54) is 11.1 Å². The van der Waals surface area contributed by atoms with Gasteiger partial charge in [-0.3, -0.25) is 4.79 Å². The molecule has 2 N–H and O–H groups in total. The number of ether oxygens (including phenoxy) is 1. The molecule has 2 aromatic carbocycles. The van der Waals surface area contributed by atoms with Gasteiger partial charge in [-0.25, -0.2) is 9.97 Å². The molecule has 2 aromatic heterocycles. The number of nitrogens with zero attached hydrogens (tertiary/aromatic N) is 2. The van der Waals surface area contributed by atoms with Crippen LogP contribution in [0.2, 0.25) is 0 Å². The number of pyridine rings is 2. The average molecular weight is 453 g/mol. The van der Waals surface area contributed by atoms with Crippen LogP contribution >= 0.6 is 0 Å². The van der Waals surface area contributed by atoms with Gasteiger partial charge in [0, 0.05) is 43.4 Å². The largest absolute Gasteiger partial charge is 0.381 e. The number of anilines is 1. The SMILES string of the molecule is Cc1ccccc1-c1cccc(CNC(=O)c2ccc3cnc(NC4CCOCC4)cc3n2)c1. The van der Waals surface area contributed by atoms with Gasteiger partial charge in [-0.1, -0.05) is 42.5 Å². The first-order valence-electron chi connectivity index (χ1n) is 11.7. The number of nitrogens with one attached hydrogen (secondary N) is 2. The number of carbonyl (C=O) groups excluding carboxylic acids is 1. The van der Waals surface area contributed by atoms with Gasteiger partial charge in [0.1, 0.15) is 11.5 Å². The molecule has 5 rings (SSSR count). The first-order valence-corrected chi connectivity index (χ1v) is 11.7. The Bertz CT molecular complexity index is 1310. The molecule has 1 aliphatic heterocycles. The molecule has 0 spiro atoms. The van der Waals surface area contributed by atoms with Gasteiger partial charge in [0.05, 0.1) is 5.52 Å². The van der Waals surface area contributed by atoms with Crippen molar-refractivity contribution < 1.29 is 9.53 Å². The monoisotopic (exact) mass is 452 g/mol. The van der Waals surface area contributed by atoms with Crippen LogP contribution in [0.25, 0.3) is 22.0 Å². The number of amides is 1. The summed E-state index contributed by atoms with van der Waals surface area (Å²) in [6.07, 6.45) is 3.71. The van der Waals surface area contributed by atoms with Crippen molar-refractivity contribution in [1.29, 1.82) is 0 Å². The van der Waals surface area contributed by atoms with Crippen molar-refractivity contribution in [3.8, 4) is 11.1 Å². The molecule has 1 aliphatic rings. The van der Waals surface area contributed by atoms with Crippen molar-refractivity contribution in [2.75, 3.05) is 18.5 Å². The van der Waals surface area contributed by atoms with Gasteiger partial charge in [-0.15, -0.1) is 0 Å². The van der Waals surface area contributed by atoms with E-state index in [-0.39, 0.29) is 5.91 Å². The second kappa shape index (κ2) is 10.0. The third kappa shape index (κ3) is 5.07. The van der Waals surface area contributed by atoms with Crippen molar-refractivity contribution in [1.82, 2.24) is 15.3 Å². The first-order chi connectivity index (χ1) is 16.7. The minimum Gasteiger partial charge on any atom is -0.381 e. The number of aromatic nitrogens is 2. The number of fused-ring (bicyclic) bond motifs is 1. The van der Waals surface area contributed by atoms with Crippen LogP contribution in [0.15, 0.2) is 72.9 Å². The molecule has 34 heavy (non-hydrogen) atoms. The molecule has 4 aromatic rings. The molecule has 1 saturated heterocycles. The number of hydrogen-bond donors (Lipinski definition) is 2. The Balaban J connectivity index is 1.28. The number of aryl methyl sites for hydroxylation is 1. The molecular weight excluding hydrogens is 424 g/mol. The van der Waals surface area contributed by atoms with Gasteiger partial charge >= 0.3 is 0 Å². The summed E-state index contributed by atoms with van der Waals surface area (Å²) in [6.45, 7) is 4.07. The van der Waals surface area contributed by atoms with Crippen LogP contribution in [-0.4, -0.2) is 35.1 Å². The number of rotatable bonds is 6. The van der Waals surface area contributed by atoms with E-state index in [1.807, 2.05) is 36.4 Å². The Kier molecular flexibility index (Phi) is 6.49. The fraction of sp³-hybridized carbons (Fsp3) is 0.250. The van der Waals surface area contributed by atoms with Gasteiger partial charge < -0.3 is 15.4 Å². The molecule has 0 atom stereocenters. The third-order valence-corrected chi connectivity index (χ3v) is 6.22. The van der Waals surface area contributed by atoms with Crippen LogP contribution in [-0.2, 0) is 11.3 Å². The van der Waals surface area contributed by atoms with E-state index in [4.69, 9.17) is 4.74 Å². The molecule has 0 bridgehead atoms. The summed E-state index contributed by atoms with van der Waals surface area (Å²) < 4.78 is 5.42. The van der Waals surface area contributed by atoms with Crippen LogP contribution in [0.4, 0.5) is 5.82 Å². The highest BCUT2D eigenvalue weighted by atomic mass is 16.5. The van der Waals surface area contributed by atoms with E-state index >= 15 is 0 Å². The van der Waals surface area contributed by atoms with Gasteiger partial charge in [0.25, 0.3) is 5.91 Å². The molecule has 1 amide bonds. The van der Waals surface area contributed by atoms with E-state index in [0.717, 1.165) is 53.9 Å². The smallest absolute Gasteiger partial charge is 0.270 e. The normalized spacial score (nSPS) is 14.1. The number of carbonyl (C=O) groups is 1. The van der Waals surface area contributed by atoms with Gasteiger partial charge in [-0.05, 0) is 60.2 Å². The Morgan fingerprint density at radius 3 is 2.74 bits per heavy atom. The molecule has 6 nitrogen and oxygen atoms in total. The highest BCUT2D eigenvalue weighted by Crippen LogP contribution is 2.24. The van der Waals surface area contributed by atoms with Crippen LogP contribution in [0, 0.1) is 6.92 Å². The maximum atomic E-state index is 12.9. The molecule has 0 aliphatic carbocycles. The Morgan fingerprint density at radius 1 is 1.03 bits per heavy atom. The lowest BCUT2D eigenvalue weighted by atomic mass is 9.99. The minimum absolute atomic E-state index is 0.195. The summed E-state index contributed by atoms with van der Waals surface area (Å²) in [5.74, 6) is 0.580. The fourth-order valence-electron chi connectivity index (χ4n) is 4.29. The highest BCUT2D eigenvalue weighted by Gasteiger charge is 2.15. The lowest BCUT2D eigenvalue weighted by Gasteiger charge is -2.23. The molecule has 6 heteroatoms. The Hall–Kier alpha value is -3.77. The maximum Gasteiger partial charge on any atom is 0.270 e. The summed E-state index contributed by atoms with van der Waals surface area (Å²) in [6, 6.07) is 22.5. The maximum absolute atomic E-state index is 12.9. The zero-order chi connectivity index (χ0) is 23.3. The van der Waals surface area contributed by atoms with E-state index in [2.05, 4.69) is 51.8 Å². The average Bonchev–Trinajstić information content (AvgIpc) is 2.88. The zero-order valence-electron chi connectivity index (χ0n) is 19.3. The second-order valence-electron chi connectivity index (χ2n) is 8.69. The molecule has 0 unspecified atom stereocenters. The van der Waals surface area contributed by atoms with E-state index < -0.39 is 0 Å². The highest BCUT2D eigenvalue weighted by molar-refractivity contribution is 5.95. The molecule has 0 saturated carbocycles.